The smallest absolute Gasteiger partial charge is 0.271 e. The molecule has 0 unspecified atom stereocenters. The van der Waals surface area contributed by atoms with Crippen LogP contribution in [0.3, 0.4) is 0 Å². The molecule has 0 saturated carbocycles. The Balaban J connectivity index is 2.14. The molecule has 0 N–H and O–H groups in total. The minimum atomic E-state index is -0.520. The van der Waals surface area contributed by atoms with Crippen molar-refractivity contribution in [2.45, 2.75) is 53.4 Å². The van der Waals surface area contributed by atoms with Crippen LogP contribution < -0.4 is 0 Å². The lowest BCUT2D eigenvalue weighted by Crippen LogP contribution is -2.42. The van der Waals surface area contributed by atoms with Gasteiger partial charge in [-0.3, -0.25) is 14.5 Å². The first-order valence-corrected chi connectivity index (χ1v) is 11.1. The van der Waals surface area contributed by atoms with Crippen molar-refractivity contribution in [3.05, 3.63) is 63.9 Å². The van der Waals surface area contributed by atoms with Crippen molar-refractivity contribution in [3.63, 3.8) is 0 Å². The second-order valence-corrected chi connectivity index (χ2v) is 8.92. The van der Waals surface area contributed by atoms with E-state index in [0.717, 1.165) is 21.9 Å². The van der Waals surface area contributed by atoms with E-state index in [2.05, 4.69) is 56.5 Å². The fourth-order valence-corrected chi connectivity index (χ4v) is 4.02. The van der Waals surface area contributed by atoms with Crippen molar-refractivity contribution in [1.82, 2.24) is 9.47 Å². The highest BCUT2D eigenvalue weighted by Gasteiger charge is 2.34. The second-order valence-electron chi connectivity index (χ2n) is 8.92. The zero-order valence-electron chi connectivity index (χ0n) is 20.0. The second kappa shape index (κ2) is 9.00. The van der Waals surface area contributed by atoms with E-state index in [4.69, 9.17) is 0 Å². The zero-order valence-corrected chi connectivity index (χ0v) is 20.0. The van der Waals surface area contributed by atoms with Crippen LogP contribution in [0.15, 0.2) is 47.1 Å². The number of likely N-dealkylation sites (N-methyl/N-ethyl adjacent to an activating group) is 1. The molecule has 0 fully saturated rings. The summed E-state index contributed by atoms with van der Waals surface area (Å²) in [6.07, 6.45) is 1.78. The van der Waals surface area contributed by atoms with E-state index in [1.54, 1.807) is 19.9 Å². The minimum absolute atomic E-state index is 0.0262. The van der Waals surface area contributed by atoms with Crippen LogP contribution in [0.1, 0.15) is 70.2 Å². The standard InChI is InChI=1S/C27H31N3O2/c1-8-30-26(31)23(18(6)24(15-28)27(30)32)14-22-9-10-25(29(22)7)21-12-19(16(2)3)11-20(13-21)17(4)5/h9-14,16-17H,8H2,1-7H3/b23-14-. The van der Waals surface area contributed by atoms with Gasteiger partial charge in [0.15, 0.2) is 0 Å². The molecule has 2 aromatic rings. The van der Waals surface area contributed by atoms with Crippen LogP contribution in [0.2, 0.25) is 0 Å². The fraction of sp³-hybridized carbons (Fsp3) is 0.370. The number of imide groups is 1. The average molecular weight is 430 g/mol. The molecule has 166 valence electrons. The summed E-state index contributed by atoms with van der Waals surface area (Å²) in [5, 5.41) is 9.47. The number of hydrogen-bond acceptors (Lipinski definition) is 3. The monoisotopic (exact) mass is 429 g/mol. The lowest BCUT2D eigenvalue weighted by atomic mass is 9.92. The first-order chi connectivity index (χ1) is 15.1. The molecule has 2 heterocycles. The summed E-state index contributed by atoms with van der Waals surface area (Å²) in [5.74, 6) is -0.0394. The summed E-state index contributed by atoms with van der Waals surface area (Å²) in [7, 11) is 1.97. The highest BCUT2D eigenvalue weighted by atomic mass is 16.2. The van der Waals surface area contributed by atoms with Gasteiger partial charge in [0.25, 0.3) is 11.8 Å². The SMILES string of the molecule is CCN1C(=O)C(C#N)=C(C)/C(=C/c2ccc(-c3cc(C(C)C)cc(C(C)C)c3)n2C)C1=O. The Morgan fingerprint density at radius 2 is 1.59 bits per heavy atom. The van der Waals surface area contributed by atoms with Crippen molar-refractivity contribution in [3.8, 4) is 17.3 Å². The van der Waals surface area contributed by atoms with Crippen LogP contribution in [0.4, 0.5) is 0 Å². The molecule has 0 atom stereocenters. The number of carbonyl (C=O) groups excluding carboxylic acids is 2. The first kappa shape index (κ1) is 23.3. The van der Waals surface area contributed by atoms with Crippen molar-refractivity contribution in [1.29, 1.82) is 5.26 Å². The molecule has 0 spiro atoms. The summed E-state index contributed by atoms with van der Waals surface area (Å²) in [5.41, 5.74) is 6.46. The third-order valence-electron chi connectivity index (χ3n) is 6.20. The van der Waals surface area contributed by atoms with E-state index < -0.39 is 5.91 Å². The van der Waals surface area contributed by atoms with Crippen LogP contribution in [0.25, 0.3) is 17.3 Å². The molecule has 1 aliphatic heterocycles. The molecule has 0 bridgehead atoms. The quantitative estimate of drug-likeness (QED) is 0.462. The first-order valence-electron chi connectivity index (χ1n) is 11.1. The van der Waals surface area contributed by atoms with Gasteiger partial charge in [-0.05, 0) is 78.3 Å². The van der Waals surface area contributed by atoms with Crippen LogP contribution in [0.5, 0.6) is 0 Å². The normalized spacial score (nSPS) is 16.0. The molecule has 0 saturated heterocycles. The van der Waals surface area contributed by atoms with E-state index in [9.17, 15) is 14.9 Å². The van der Waals surface area contributed by atoms with Crippen LogP contribution in [0, 0.1) is 11.3 Å². The van der Waals surface area contributed by atoms with Gasteiger partial charge in [-0.2, -0.15) is 5.26 Å². The molecule has 5 nitrogen and oxygen atoms in total. The third kappa shape index (κ3) is 4.05. The van der Waals surface area contributed by atoms with E-state index in [-0.39, 0.29) is 18.0 Å². The molecule has 0 radical (unpaired) electrons. The van der Waals surface area contributed by atoms with E-state index in [1.807, 2.05) is 19.2 Å². The summed E-state index contributed by atoms with van der Waals surface area (Å²) in [6, 6.07) is 12.7. The number of rotatable bonds is 5. The Kier molecular flexibility index (Phi) is 6.55. The minimum Gasteiger partial charge on any atom is -0.344 e. The molecule has 5 heteroatoms. The highest BCUT2D eigenvalue weighted by Crippen LogP contribution is 2.32. The third-order valence-corrected chi connectivity index (χ3v) is 6.20. The van der Waals surface area contributed by atoms with Crippen molar-refractivity contribution in [2.75, 3.05) is 6.54 Å². The molecular formula is C27H31N3O2. The number of hydrogen-bond donors (Lipinski definition) is 0. The predicted molar refractivity (Wildman–Crippen MR) is 128 cm³/mol. The maximum Gasteiger partial charge on any atom is 0.271 e. The number of nitrogens with zero attached hydrogens (tertiary/aromatic N) is 3. The average Bonchev–Trinajstić information content (AvgIpc) is 3.11. The zero-order chi connectivity index (χ0) is 23.7. The molecule has 1 aliphatic rings. The van der Waals surface area contributed by atoms with Crippen molar-refractivity contribution in [2.24, 2.45) is 7.05 Å². The Morgan fingerprint density at radius 1 is 1.00 bits per heavy atom. The van der Waals surface area contributed by atoms with Gasteiger partial charge in [-0.1, -0.05) is 33.8 Å². The topological polar surface area (TPSA) is 66.1 Å². The van der Waals surface area contributed by atoms with E-state index >= 15 is 0 Å². The van der Waals surface area contributed by atoms with E-state index in [1.165, 1.54) is 11.1 Å². The van der Waals surface area contributed by atoms with Gasteiger partial charge in [0.05, 0.1) is 0 Å². The Morgan fingerprint density at radius 3 is 2.09 bits per heavy atom. The summed E-state index contributed by atoms with van der Waals surface area (Å²) in [4.78, 5) is 26.5. The predicted octanol–water partition coefficient (Wildman–Crippen LogP) is 5.55. The van der Waals surface area contributed by atoms with Gasteiger partial charge in [0.1, 0.15) is 11.6 Å². The molecular weight excluding hydrogens is 398 g/mol. The molecule has 1 aromatic heterocycles. The van der Waals surface area contributed by atoms with Gasteiger partial charge >= 0.3 is 0 Å². The Bertz CT molecular complexity index is 1160. The van der Waals surface area contributed by atoms with E-state index in [0.29, 0.717) is 23.0 Å². The lowest BCUT2D eigenvalue weighted by Gasteiger charge is -2.26. The largest absolute Gasteiger partial charge is 0.344 e. The Hall–Kier alpha value is -3.39. The maximum absolute atomic E-state index is 13.0. The number of carbonyl (C=O) groups is 2. The molecule has 32 heavy (non-hydrogen) atoms. The van der Waals surface area contributed by atoms with Gasteiger partial charge in [-0.25, -0.2) is 0 Å². The van der Waals surface area contributed by atoms with Gasteiger partial charge in [0.2, 0.25) is 0 Å². The summed E-state index contributed by atoms with van der Waals surface area (Å²) >= 11 is 0. The van der Waals surface area contributed by atoms with Gasteiger partial charge < -0.3 is 4.57 Å². The number of benzene rings is 1. The lowest BCUT2D eigenvalue weighted by molar-refractivity contribution is -0.140. The summed E-state index contributed by atoms with van der Waals surface area (Å²) in [6.45, 7) is 12.4. The molecule has 0 aliphatic carbocycles. The van der Waals surface area contributed by atoms with Crippen LogP contribution in [-0.4, -0.2) is 27.8 Å². The molecule has 1 aromatic carbocycles. The Labute approximate surface area is 190 Å². The number of aromatic nitrogens is 1. The molecule has 2 amide bonds. The highest BCUT2D eigenvalue weighted by molar-refractivity contribution is 6.19. The summed E-state index contributed by atoms with van der Waals surface area (Å²) < 4.78 is 2.05. The van der Waals surface area contributed by atoms with Crippen LogP contribution in [-0.2, 0) is 16.6 Å². The number of nitriles is 1. The van der Waals surface area contributed by atoms with Gasteiger partial charge in [0, 0.05) is 30.6 Å². The van der Waals surface area contributed by atoms with Gasteiger partial charge in [-0.15, -0.1) is 0 Å². The molecule has 3 rings (SSSR count). The number of amides is 2. The van der Waals surface area contributed by atoms with Crippen LogP contribution >= 0.6 is 0 Å². The maximum atomic E-state index is 13.0. The van der Waals surface area contributed by atoms with Crippen molar-refractivity contribution >= 4 is 17.9 Å². The fourth-order valence-electron chi connectivity index (χ4n) is 4.02. The van der Waals surface area contributed by atoms with Crippen molar-refractivity contribution < 1.29 is 9.59 Å².